The molecule has 0 saturated carbocycles. The minimum absolute atomic E-state index is 0.287. The van der Waals surface area contributed by atoms with Gasteiger partial charge in [0.15, 0.2) is 6.17 Å². The molecule has 1 fully saturated rings. The molecule has 1 aliphatic heterocycles. The number of alkyl halides is 17. The third-order valence-corrected chi connectivity index (χ3v) is 5.25. The second kappa shape index (κ2) is 8.98. The van der Waals surface area contributed by atoms with Gasteiger partial charge in [-0.2, -0.15) is 70.2 Å². The summed E-state index contributed by atoms with van der Waals surface area (Å²) in [6, 6.07) is 0. The molecule has 23 heteroatoms. The summed E-state index contributed by atoms with van der Waals surface area (Å²) in [5.41, 5.74) is 0. The molecule has 216 valence electrons. The third kappa shape index (κ3) is 4.86. The van der Waals surface area contributed by atoms with Gasteiger partial charge in [-0.05, 0) is 6.92 Å². The van der Waals surface area contributed by atoms with E-state index >= 15 is 0 Å². The van der Waals surface area contributed by atoms with Gasteiger partial charge in [0.05, 0.1) is 13.2 Å². The molecule has 3 atom stereocenters. The average molecular weight is 600 g/mol. The van der Waals surface area contributed by atoms with Crippen LogP contribution >= 0.6 is 7.82 Å². The average Bonchev–Trinajstić information content (AvgIpc) is 3.48. The van der Waals surface area contributed by atoms with Crippen LogP contribution in [0, 0.1) is 0 Å². The first-order valence-electron chi connectivity index (χ1n) is 8.44. The van der Waals surface area contributed by atoms with E-state index in [2.05, 4.69) is 13.8 Å². The smallest absolute Gasteiger partial charge is 0.371 e. The number of ether oxygens (including phenoxy) is 1. The van der Waals surface area contributed by atoms with Crippen LogP contribution in [-0.2, 0) is 18.3 Å². The van der Waals surface area contributed by atoms with E-state index in [-0.39, 0.29) is 6.61 Å². The minimum Gasteiger partial charge on any atom is -0.371 e. The van der Waals surface area contributed by atoms with Crippen molar-refractivity contribution < 1.29 is 97.9 Å². The molecule has 1 aliphatic rings. The molecule has 1 saturated heterocycles. The molecule has 1 heterocycles. The lowest BCUT2D eigenvalue weighted by atomic mass is 9.88. The predicted octanol–water partition coefficient (Wildman–Crippen LogP) is 5.92. The zero-order valence-corrected chi connectivity index (χ0v) is 17.4. The van der Waals surface area contributed by atoms with E-state index in [9.17, 15) is 79.2 Å². The summed E-state index contributed by atoms with van der Waals surface area (Å²) in [4.78, 5) is 8.82. The van der Waals surface area contributed by atoms with E-state index in [1.807, 2.05) is 0 Å². The first-order chi connectivity index (χ1) is 15.5. The summed E-state index contributed by atoms with van der Waals surface area (Å²) in [5.74, 6) is -58.0. The van der Waals surface area contributed by atoms with Gasteiger partial charge in [-0.15, -0.1) is 0 Å². The van der Waals surface area contributed by atoms with Crippen molar-refractivity contribution in [3.8, 4) is 0 Å². The second-order valence-electron chi connectivity index (χ2n) is 7.01. The van der Waals surface area contributed by atoms with Crippen molar-refractivity contribution in [1.82, 2.24) is 0 Å². The normalized spacial score (nSPS) is 21.8. The van der Waals surface area contributed by atoms with Crippen LogP contribution in [0.25, 0.3) is 0 Å². The molecule has 0 spiro atoms. The Morgan fingerprint density at radius 1 is 0.778 bits per heavy atom. The molecule has 36 heavy (non-hydrogen) atoms. The molecule has 0 bridgehead atoms. The Labute approximate surface area is 187 Å². The fourth-order valence-corrected chi connectivity index (χ4v) is 2.81. The molecule has 3 unspecified atom stereocenters. The summed E-state index contributed by atoms with van der Waals surface area (Å²) >= 11 is 0. The molecule has 0 aromatic carbocycles. The lowest BCUT2D eigenvalue weighted by Crippen LogP contribution is -2.75. The standard InChI is InChI=1S/C13H10F17O5P/c1-4(14)6(15,16)7(17,18)8(19,20)9(21,22)10(23,24)11(25,26)12(27,28)13(29,30)35-36(31,32)34-3-5-2-33-5/h4-5H,2-3H2,1H3,(H,31,32). The predicted molar refractivity (Wildman–Crippen MR) is 76.7 cm³/mol. The number of phosphoric acid groups is 1. The van der Waals surface area contributed by atoms with Gasteiger partial charge in [0, 0.05) is 0 Å². The fourth-order valence-electron chi connectivity index (χ4n) is 2.00. The maximum atomic E-state index is 13.6. The lowest BCUT2D eigenvalue weighted by Gasteiger charge is -2.43. The molecular formula is C13H10F17O5P. The quantitative estimate of drug-likeness (QED) is 0.162. The monoisotopic (exact) mass is 600 g/mol. The van der Waals surface area contributed by atoms with Crippen molar-refractivity contribution in [3.63, 3.8) is 0 Å². The number of hydrogen-bond acceptors (Lipinski definition) is 4. The van der Waals surface area contributed by atoms with E-state index in [4.69, 9.17) is 4.89 Å². The fraction of sp³-hybridized carbons (Fsp3) is 1.00. The molecule has 0 aliphatic carbocycles. The maximum absolute atomic E-state index is 13.6. The van der Waals surface area contributed by atoms with Crippen LogP contribution in [0.4, 0.5) is 74.6 Å². The van der Waals surface area contributed by atoms with Crippen LogP contribution in [0.2, 0.25) is 0 Å². The molecule has 1 N–H and O–H groups in total. The molecule has 5 nitrogen and oxygen atoms in total. The highest BCUT2D eigenvalue weighted by atomic mass is 31.2. The Hall–Kier alpha value is -1.12. The van der Waals surface area contributed by atoms with Gasteiger partial charge in [0.25, 0.3) is 0 Å². The third-order valence-electron chi connectivity index (χ3n) is 4.31. The Balaban J connectivity index is 3.50. The van der Waals surface area contributed by atoms with E-state index in [0.29, 0.717) is 0 Å². The van der Waals surface area contributed by atoms with Gasteiger partial charge in [0.2, 0.25) is 0 Å². The molecule has 0 aromatic heterocycles. The number of rotatable bonds is 13. The molecule has 0 radical (unpaired) electrons. The first kappa shape index (κ1) is 32.9. The van der Waals surface area contributed by atoms with E-state index in [1.54, 1.807) is 0 Å². The SMILES string of the molecule is CC(F)C(F)(F)C(F)(F)C(F)(F)C(F)(F)C(F)(F)C(F)(F)C(F)(F)C(F)(F)OP(=O)(O)OCC1CO1. The van der Waals surface area contributed by atoms with Crippen LogP contribution in [0.5, 0.6) is 0 Å². The van der Waals surface area contributed by atoms with Crippen molar-refractivity contribution >= 4 is 7.82 Å². The van der Waals surface area contributed by atoms with Gasteiger partial charge in [-0.25, -0.2) is 13.5 Å². The Bertz CT molecular complexity index is 856. The Morgan fingerprint density at radius 3 is 1.44 bits per heavy atom. The molecule has 0 amide bonds. The van der Waals surface area contributed by atoms with Crippen molar-refractivity contribution in [2.45, 2.75) is 66.8 Å². The van der Waals surface area contributed by atoms with Crippen LogP contribution in [-0.4, -0.2) is 77.9 Å². The van der Waals surface area contributed by atoms with Gasteiger partial charge in [0.1, 0.15) is 6.10 Å². The summed E-state index contributed by atoms with van der Waals surface area (Å²) in [7, 11) is -6.66. The van der Waals surface area contributed by atoms with E-state index in [1.165, 1.54) is 0 Å². The van der Waals surface area contributed by atoms with E-state index in [0.717, 1.165) is 0 Å². The van der Waals surface area contributed by atoms with Gasteiger partial charge in [-0.3, -0.25) is 4.52 Å². The summed E-state index contributed by atoms with van der Waals surface area (Å²) < 4.78 is 249. The van der Waals surface area contributed by atoms with Crippen LogP contribution in [0.1, 0.15) is 6.92 Å². The Kier molecular flexibility index (Phi) is 8.21. The van der Waals surface area contributed by atoms with Crippen molar-refractivity contribution in [1.29, 1.82) is 0 Å². The zero-order valence-electron chi connectivity index (χ0n) is 16.5. The topological polar surface area (TPSA) is 68.3 Å². The molecular weight excluding hydrogens is 590 g/mol. The maximum Gasteiger partial charge on any atom is 0.477 e. The highest BCUT2D eigenvalue weighted by Crippen LogP contribution is 2.65. The summed E-state index contributed by atoms with van der Waals surface area (Å²) in [5, 5.41) is 0. The van der Waals surface area contributed by atoms with Crippen LogP contribution in [0.3, 0.4) is 0 Å². The highest BCUT2D eigenvalue weighted by Gasteiger charge is 2.95. The van der Waals surface area contributed by atoms with Gasteiger partial charge in [-0.1, -0.05) is 0 Å². The molecule has 1 rings (SSSR count). The minimum atomic E-state index is -8.79. The largest absolute Gasteiger partial charge is 0.477 e. The van der Waals surface area contributed by atoms with Crippen molar-refractivity contribution in [2.24, 2.45) is 0 Å². The lowest BCUT2D eigenvalue weighted by molar-refractivity contribution is -0.467. The Morgan fingerprint density at radius 2 is 1.11 bits per heavy atom. The second-order valence-corrected chi connectivity index (χ2v) is 8.39. The van der Waals surface area contributed by atoms with Gasteiger partial charge >= 0.3 is 55.4 Å². The van der Waals surface area contributed by atoms with Crippen molar-refractivity contribution in [3.05, 3.63) is 0 Å². The van der Waals surface area contributed by atoms with Crippen LogP contribution < -0.4 is 0 Å². The van der Waals surface area contributed by atoms with Crippen LogP contribution in [0.15, 0.2) is 0 Å². The molecule has 0 aromatic rings. The number of epoxide rings is 1. The number of phosphoric ester groups is 1. The number of hydrogen-bond donors (Lipinski definition) is 1. The summed E-state index contributed by atoms with van der Waals surface area (Å²) in [6.07, 6.45) is -13.2. The first-order valence-corrected chi connectivity index (χ1v) is 9.93. The van der Waals surface area contributed by atoms with Gasteiger partial charge < -0.3 is 9.63 Å². The number of halogens is 17. The highest BCUT2D eigenvalue weighted by molar-refractivity contribution is 7.47. The summed E-state index contributed by atoms with van der Waals surface area (Å²) in [6.45, 7) is -2.24. The van der Waals surface area contributed by atoms with E-state index < -0.39 is 81.2 Å². The van der Waals surface area contributed by atoms with Crippen molar-refractivity contribution in [2.75, 3.05) is 13.2 Å². The zero-order chi connectivity index (χ0) is 29.2.